The minimum absolute atomic E-state index is 0.0431. The molecule has 7 nitrogen and oxygen atoms in total. The number of anilines is 1. The summed E-state index contributed by atoms with van der Waals surface area (Å²) in [5.74, 6) is -1.38. The van der Waals surface area contributed by atoms with E-state index >= 15 is 0 Å². The number of carbonyl (C=O) groups excluding carboxylic acids is 3. The standard InChI is InChI=1S/C16H19N3O4S/c1-3-17-15(22)11-6-5-7-12(10-11)18-16(24)19-13(20)8-9-14(21)23-4-2/h5-10H,3-4H2,1-2H3,(H,17,22)(H2,18,19,20,24)/b9-8+. The Labute approximate surface area is 145 Å². The molecule has 0 unspecified atom stereocenters. The smallest absolute Gasteiger partial charge is 0.330 e. The zero-order valence-electron chi connectivity index (χ0n) is 13.4. The van der Waals surface area contributed by atoms with Crippen LogP contribution in [0, 0.1) is 0 Å². The van der Waals surface area contributed by atoms with E-state index < -0.39 is 11.9 Å². The predicted molar refractivity (Wildman–Crippen MR) is 94.6 cm³/mol. The van der Waals surface area contributed by atoms with Crippen molar-refractivity contribution in [1.29, 1.82) is 0 Å². The highest BCUT2D eigenvalue weighted by atomic mass is 32.1. The molecule has 0 aliphatic carbocycles. The van der Waals surface area contributed by atoms with Crippen molar-refractivity contribution >= 4 is 40.8 Å². The van der Waals surface area contributed by atoms with E-state index in [2.05, 4.69) is 20.7 Å². The molecule has 0 spiro atoms. The van der Waals surface area contributed by atoms with Gasteiger partial charge < -0.3 is 15.4 Å². The van der Waals surface area contributed by atoms with Crippen molar-refractivity contribution in [3.63, 3.8) is 0 Å². The second-order valence-electron chi connectivity index (χ2n) is 4.47. The number of carbonyl (C=O) groups is 3. The van der Waals surface area contributed by atoms with E-state index in [-0.39, 0.29) is 17.6 Å². The fourth-order valence-corrected chi connectivity index (χ4v) is 1.87. The van der Waals surface area contributed by atoms with Gasteiger partial charge in [0.2, 0.25) is 5.91 Å². The van der Waals surface area contributed by atoms with Crippen LogP contribution in [0.5, 0.6) is 0 Å². The monoisotopic (exact) mass is 349 g/mol. The van der Waals surface area contributed by atoms with Crippen LogP contribution >= 0.6 is 12.2 Å². The summed E-state index contributed by atoms with van der Waals surface area (Å²) < 4.78 is 4.66. The number of nitrogens with one attached hydrogen (secondary N) is 3. The molecule has 128 valence electrons. The third kappa shape index (κ3) is 7.01. The van der Waals surface area contributed by atoms with E-state index in [0.717, 1.165) is 12.2 Å². The Balaban J connectivity index is 2.59. The summed E-state index contributed by atoms with van der Waals surface area (Å²) >= 11 is 5.01. The molecule has 0 radical (unpaired) electrons. The first kappa shape index (κ1) is 19.3. The highest BCUT2D eigenvalue weighted by Crippen LogP contribution is 2.10. The maximum Gasteiger partial charge on any atom is 0.330 e. The van der Waals surface area contributed by atoms with Gasteiger partial charge in [-0.1, -0.05) is 6.07 Å². The van der Waals surface area contributed by atoms with E-state index in [1.165, 1.54) is 0 Å². The number of thiocarbonyl (C=S) groups is 1. The summed E-state index contributed by atoms with van der Waals surface area (Å²) in [5, 5.41) is 7.91. The number of amides is 2. The average molecular weight is 349 g/mol. The molecule has 3 N–H and O–H groups in total. The van der Waals surface area contributed by atoms with Gasteiger partial charge in [0.1, 0.15) is 0 Å². The van der Waals surface area contributed by atoms with E-state index in [9.17, 15) is 14.4 Å². The molecular weight excluding hydrogens is 330 g/mol. The Morgan fingerprint density at radius 2 is 1.96 bits per heavy atom. The third-order valence-electron chi connectivity index (χ3n) is 2.61. The van der Waals surface area contributed by atoms with Crippen LogP contribution in [0.25, 0.3) is 0 Å². The Bertz CT molecular complexity index is 658. The molecule has 0 atom stereocenters. The number of hydrogen-bond acceptors (Lipinski definition) is 5. The third-order valence-corrected chi connectivity index (χ3v) is 2.82. The van der Waals surface area contributed by atoms with Gasteiger partial charge in [-0.3, -0.25) is 14.9 Å². The Morgan fingerprint density at radius 1 is 1.21 bits per heavy atom. The molecule has 0 saturated heterocycles. The van der Waals surface area contributed by atoms with Crippen molar-refractivity contribution < 1.29 is 19.1 Å². The largest absolute Gasteiger partial charge is 0.463 e. The number of hydrogen-bond donors (Lipinski definition) is 3. The van der Waals surface area contributed by atoms with Crippen LogP contribution in [0.2, 0.25) is 0 Å². The number of ether oxygens (including phenoxy) is 1. The SMILES string of the molecule is CCNC(=O)c1cccc(NC(=S)NC(=O)/C=C/C(=O)OCC)c1. The summed E-state index contributed by atoms with van der Waals surface area (Å²) in [7, 11) is 0. The van der Waals surface area contributed by atoms with Crippen molar-refractivity contribution in [2.45, 2.75) is 13.8 Å². The first-order chi connectivity index (χ1) is 11.5. The van der Waals surface area contributed by atoms with Gasteiger partial charge in [0.25, 0.3) is 5.91 Å². The fourth-order valence-electron chi connectivity index (χ4n) is 1.65. The van der Waals surface area contributed by atoms with Crippen LogP contribution in [0.4, 0.5) is 5.69 Å². The van der Waals surface area contributed by atoms with Crippen molar-refractivity contribution in [3.8, 4) is 0 Å². The van der Waals surface area contributed by atoms with E-state index in [0.29, 0.717) is 17.8 Å². The fraction of sp³-hybridized carbons (Fsp3) is 0.250. The average Bonchev–Trinajstić information content (AvgIpc) is 2.53. The van der Waals surface area contributed by atoms with Gasteiger partial charge in [-0.2, -0.15) is 0 Å². The summed E-state index contributed by atoms with van der Waals surface area (Å²) in [6.07, 6.45) is 2.04. The van der Waals surface area contributed by atoms with E-state index in [1.54, 1.807) is 31.2 Å². The van der Waals surface area contributed by atoms with Gasteiger partial charge in [0.05, 0.1) is 6.61 Å². The second-order valence-corrected chi connectivity index (χ2v) is 4.88. The van der Waals surface area contributed by atoms with Crippen molar-refractivity contribution in [2.75, 3.05) is 18.5 Å². The second kappa shape index (κ2) is 10.1. The molecule has 0 aliphatic rings. The summed E-state index contributed by atoms with van der Waals surface area (Å²) in [4.78, 5) is 34.5. The van der Waals surface area contributed by atoms with E-state index in [4.69, 9.17) is 12.2 Å². The van der Waals surface area contributed by atoms with Crippen LogP contribution in [-0.2, 0) is 14.3 Å². The number of rotatable bonds is 6. The quantitative estimate of drug-likeness (QED) is 0.408. The molecule has 1 aromatic carbocycles. The van der Waals surface area contributed by atoms with Gasteiger partial charge in [0, 0.05) is 29.9 Å². The lowest BCUT2D eigenvalue weighted by atomic mass is 10.2. The summed E-state index contributed by atoms with van der Waals surface area (Å²) in [6, 6.07) is 6.67. The van der Waals surface area contributed by atoms with Crippen molar-refractivity contribution in [1.82, 2.24) is 10.6 Å². The summed E-state index contributed by atoms with van der Waals surface area (Å²) in [5.41, 5.74) is 1.02. The summed E-state index contributed by atoms with van der Waals surface area (Å²) in [6.45, 7) is 4.25. The molecule has 1 rings (SSSR count). The van der Waals surface area contributed by atoms with Crippen LogP contribution in [0.1, 0.15) is 24.2 Å². The number of benzene rings is 1. The van der Waals surface area contributed by atoms with Gasteiger partial charge in [0.15, 0.2) is 5.11 Å². The van der Waals surface area contributed by atoms with Crippen molar-refractivity contribution in [3.05, 3.63) is 42.0 Å². The highest BCUT2D eigenvalue weighted by molar-refractivity contribution is 7.80. The lowest BCUT2D eigenvalue weighted by Crippen LogP contribution is -2.33. The maximum atomic E-state index is 11.8. The molecule has 0 aliphatic heterocycles. The van der Waals surface area contributed by atoms with E-state index in [1.807, 2.05) is 6.92 Å². The van der Waals surface area contributed by atoms with Crippen LogP contribution in [0.15, 0.2) is 36.4 Å². The molecule has 8 heteroatoms. The Hall–Kier alpha value is -2.74. The van der Waals surface area contributed by atoms with Crippen LogP contribution in [-0.4, -0.2) is 36.0 Å². The molecule has 2 amide bonds. The zero-order chi connectivity index (χ0) is 17.9. The van der Waals surface area contributed by atoms with Crippen LogP contribution < -0.4 is 16.0 Å². The van der Waals surface area contributed by atoms with Crippen LogP contribution in [0.3, 0.4) is 0 Å². The predicted octanol–water partition coefficient (Wildman–Crippen LogP) is 1.37. The highest BCUT2D eigenvalue weighted by Gasteiger charge is 2.07. The van der Waals surface area contributed by atoms with Crippen molar-refractivity contribution in [2.24, 2.45) is 0 Å². The lowest BCUT2D eigenvalue weighted by molar-refractivity contribution is -0.137. The first-order valence-corrected chi connectivity index (χ1v) is 7.72. The molecule has 0 saturated carbocycles. The molecule has 0 heterocycles. The van der Waals surface area contributed by atoms with Gasteiger partial charge in [-0.05, 0) is 44.3 Å². The molecule has 1 aromatic rings. The molecule has 24 heavy (non-hydrogen) atoms. The molecule has 0 bridgehead atoms. The Morgan fingerprint density at radius 3 is 2.62 bits per heavy atom. The van der Waals surface area contributed by atoms with Gasteiger partial charge in [-0.25, -0.2) is 4.79 Å². The lowest BCUT2D eigenvalue weighted by Gasteiger charge is -2.09. The molecule has 0 aromatic heterocycles. The molecular formula is C16H19N3O4S. The zero-order valence-corrected chi connectivity index (χ0v) is 14.2. The molecule has 0 fully saturated rings. The topological polar surface area (TPSA) is 96.5 Å². The minimum atomic E-state index is -0.610. The first-order valence-electron chi connectivity index (χ1n) is 7.31. The minimum Gasteiger partial charge on any atom is -0.463 e. The number of esters is 1. The maximum absolute atomic E-state index is 11.8. The normalized spacial score (nSPS) is 10.1. The Kier molecular flexibility index (Phi) is 8.14. The van der Waals surface area contributed by atoms with Gasteiger partial charge in [-0.15, -0.1) is 0 Å². The van der Waals surface area contributed by atoms with Gasteiger partial charge >= 0.3 is 5.97 Å².